The highest BCUT2D eigenvalue weighted by atomic mass is 79.9. The van der Waals surface area contributed by atoms with Crippen LogP contribution in [0, 0.1) is 0 Å². The Kier molecular flexibility index (Phi) is 5.18. The second-order valence-corrected chi connectivity index (χ2v) is 8.85. The summed E-state index contributed by atoms with van der Waals surface area (Å²) in [4.78, 5) is 0.180. The number of rotatable bonds is 6. The fraction of sp³-hybridized carbons (Fsp3) is 0.538. The van der Waals surface area contributed by atoms with Gasteiger partial charge in [-0.25, -0.2) is 13.1 Å². The maximum absolute atomic E-state index is 12.4. The van der Waals surface area contributed by atoms with Gasteiger partial charge in [0.05, 0.1) is 11.5 Å². The Morgan fingerprint density at radius 2 is 2.15 bits per heavy atom. The van der Waals surface area contributed by atoms with E-state index in [9.17, 15) is 8.42 Å². The molecule has 1 aromatic rings. The van der Waals surface area contributed by atoms with Crippen molar-refractivity contribution >= 4 is 37.7 Å². The van der Waals surface area contributed by atoms with Gasteiger partial charge < -0.3 is 5.11 Å². The number of nitrogens with one attached hydrogen (secondary N) is 1. The molecule has 112 valence electrons. The summed E-state index contributed by atoms with van der Waals surface area (Å²) in [6.45, 7) is 0.275. The van der Waals surface area contributed by atoms with Crippen LogP contribution < -0.4 is 4.72 Å². The zero-order valence-corrected chi connectivity index (χ0v) is 14.4. The van der Waals surface area contributed by atoms with E-state index in [1.807, 2.05) is 6.26 Å². The first-order chi connectivity index (χ1) is 9.42. The van der Waals surface area contributed by atoms with E-state index >= 15 is 0 Å². The summed E-state index contributed by atoms with van der Waals surface area (Å²) in [5.74, 6) is 0. The molecule has 1 fully saturated rings. The number of hydrogen-bond donors (Lipinski definition) is 2. The summed E-state index contributed by atoms with van der Waals surface area (Å²) in [7, 11) is -3.56. The van der Waals surface area contributed by atoms with Crippen molar-refractivity contribution in [2.75, 3.05) is 12.8 Å². The van der Waals surface area contributed by atoms with Crippen molar-refractivity contribution in [3.8, 4) is 0 Å². The summed E-state index contributed by atoms with van der Waals surface area (Å²) in [6, 6.07) is 4.84. The molecule has 2 N–H and O–H groups in total. The van der Waals surface area contributed by atoms with Crippen molar-refractivity contribution in [1.29, 1.82) is 0 Å². The van der Waals surface area contributed by atoms with Gasteiger partial charge in [0.1, 0.15) is 0 Å². The molecule has 0 atom stereocenters. The van der Waals surface area contributed by atoms with E-state index in [0.29, 0.717) is 16.6 Å². The predicted molar refractivity (Wildman–Crippen MR) is 85.4 cm³/mol. The molecule has 1 saturated carbocycles. The van der Waals surface area contributed by atoms with Gasteiger partial charge in [-0.3, -0.25) is 0 Å². The zero-order valence-electron chi connectivity index (χ0n) is 11.2. The lowest BCUT2D eigenvalue weighted by atomic mass is 9.84. The van der Waals surface area contributed by atoms with Gasteiger partial charge in [-0.2, -0.15) is 11.8 Å². The quantitative estimate of drug-likeness (QED) is 0.796. The molecule has 4 nitrogen and oxygen atoms in total. The number of sulfonamides is 1. The summed E-state index contributed by atoms with van der Waals surface area (Å²) < 4.78 is 28.0. The topological polar surface area (TPSA) is 66.4 Å². The van der Waals surface area contributed by atoms with Crippen molar-refractivity contribution in [3.05, 3.63) is 28.2 Å². The van der Waals surface area contributed by atoms with Crippen LogP contribution in [-0.4, -0.2) is 31.1 Å². The number of halogens is 1. The fourth-order valence-electron chi connectivity index (χ4n) is 2.18. The number of thioether (sulfide) groups is 1. The molecule has 0 radical (unpaired) electrons. The third-order valence-electron chi connectivity index (χ3n) is 3.75. The van der Waals surface area contributed by atoms with Gasteiger partial charge in [0.15, 0.2) is 0 Å². The molecule has 0 bridgehead atoms. The fourth-order valence-corrected chi connectivity index (χ4v) is 5.32. The molecule has 20 heavy (non-hydrogen) atoms. The first-order valence-electron chi connectivity index (χ1n) is 6.36. The molecule has 0 heterocycles. The molecular weight excluding hydrogens is 362 g/mol. The lowest BCUT2D eigenvalue weighted by Crippen LogP contribution is -2.45. The predicted octanol–water partition coefficient (Wildman–Crippen LogP) is 2.51. The number of aliphatic hydroxyl groups is 1. The Morgan fingerprint density at radius 3 is 2.65 bits per heavy atom. The van der Waals surface area contributed by atoms with Gasteiger partial charge in [-0.05, 0) is 52.7 Å². The van der Waals surface area contributed by atoms with E-state index in [-0.39, 0.29) is 16.2 Å². The molecule has 1 aromatic carbocycles. The highest BCUT2D eigenvalue weighted by molar-refractivity contribution is 9.10. The Labute approximate surface area is 132 Å². The van der Waals surface area contributed by atoms with Gasteiger partial charge in [-0.15, -0.1) is 0 Å². The average Bonchev–Trinajstić information content (AvgIpc) is 2.38. The molecule has 0 spiro atoms. The first kappa shape index (κ1) is 16.3. The molecule has 1 aliphatic carbocycles. The van der Waals surface area contributed by atoms with Crippen molar-refractivity contribution < 1.29 is 13.5 Å². The van der Waals surface area contributed by atoms with Gasteiger partial charge in [0.25, 0.3) is 0 Å². The summed E-state index contributed by atoms with van der Waals surface area (Å²) in [5.41, 5.74) is 0.580. The second-order valence-electron chi connectivity index (χ2n) is 4.99. The molecule has 0 amide bonds. The second kappa shape index (κ2) is 6.36. The van der Waals surface area contributed by atoms with Crippen molar-refractivity contribution in [1.82, 2.24) is 4.72 Å². The average molecular weight is 380 g/mol. The summed E-state index contributed by atoms with van der Waals surface area (Å²) >= 11 is 4.99. The number of benzene rings is 1. The van der Waals surface area contributed by atoms with Crippen LogP contribution in [-0.2, 0) is 16.6 Å². The third kappa shape index (κ3) is 3.39. The maximum Gasteiger partial charge on any atom is 0.241 e. The molecular formula is C13H18BrNO3S2. The SMILES string of the molecule is CSC1(CNS(=O)(=O)c2cc(CO)ccc2Br)CCC1. The van der Waals surface area contributed by atoms with E-state index in [1.54, 1.807) is 23.9 Å². The maximum atomic E-state index is 12.4. The lowest BCUT2D eigenvalue weighted by Gasteiger charge is -2.40. The van der Waals surface area contributed by atoms with Crippen LogP contribution in [0.15, 0.2) is 27.6 Å². The minimum absolute atomic E-state index is 0.0497. The molecule has 0 saturated heterocycles. The number of hydrogen-bond acceptors (Lipinski definition) is 4. The minimum atomic E-state index is -3.56. The van der Waals surface area contributed by atoms with Crippen LogP contribution in [0.1, 0.15) is 24.8 Å². The summed E-state index contributed by atoms with van der Waals surface area (Å²) in [5, 5.41) is 9.13. The molecule has 0 aliphatic heterocycles. The van der Waals surface area contributed by atoms with Crippen molar-refractivity contribution in [2.45, 2.75) is 35.5 Å². The van der Waals surface area contributed by atoms with E-state index in [4.69, 9.17) is 5.11 Å². The Hall–Kier alpha value is -0.0800. The van der Waals surface area contributed by atoms with Gasteiger partial charge in [-0.1, -0.05) is 12.5 Å². The van der Waals surface area contributed by atoms with E-state index in [2.05, 4.69) is 20.7 Å². The highest BCUT2D eigenvalue weighted by Crippen LogP contribution is 2.42. The Bertz CT molecular complexity index is 580. The van der Waals surface area contributed by atoms with E-state index < -0.39 is 10.0 Å². The molecule has 2 rings (SSSR count). The van der Waals surface area contributed by atoms with Crippen LogP contribution in [0.3, 0.4) is 0 Å². The summed E-state index contributed by atoms with van der Waals surface area (Å²) in [6.07, 6.45) is 5.28. The zero-order chi connectivity index (χ0) is 14.8. The van der Waals surface area contributed by atoms with Crippen LogP contribution in [0.25, 0.3) is 0 Å². The Morgan fingerprint density at radius 1 is 1.45 bits per heavy atom. The van der Waals surface area contributed by atoms with Crippen molar-refractivity contribution in [3.63, 3.8) is 0 Å². The molecule has 0 unspecified atom stereocenters. The van der Waals surface area contributed by atoms with Gasteiger partial charge >= 0.3 is 0 Å². The largest absolute Gasteiger partial charge is 0.392 e. The molecule has 1 aliphatic rings. The van der Waals surface area contributed by atoms with Crippen molar-refractivity contribution in [2.24, 2.45) is 0 Å². The van der Waals surface area contributed by atoms with Crippen LogP contribution in [0.4, 0.5) is 0 Å². The van der Waals surface area contributed by atoms with Gasteiger partial charge in [0.2, 0.25) is 10.0 Å². The van der Waals surface area contributed by atoms with E-state index in [1.165, 1.54) is 6.07 Å². The van der Waals surface area contributed by atoms with Gasteiger partial charge in [0, 0.05) is 15.8 Å². The smallest absolute Gasteiger partial charge is 0.241 e. The first-order valence-corrected chi connectivity index (χ1v) is 9.87. The Balaban J connectivity index is 2.18. The normalized spacial score (nSPS) is 17.8. The molecule has 7 heteroatoms. The highest BCUT2D eigenvalue weighted by Gasteiger charge is 2.37. The minimum Gasteiger partial charge on any atom is -0.392 e. The van der Waals surface area contributed by atoms with Crippen LogP contribution in [0.2, 0.25) is 0 Å². The third-order valence-corrected chi connectivity index (χ3v) is 7.56. The monoisotopic (exact) mass is 379 g/mol. The number of aliphatic hydroxyl groups excluding tert-OH is 1. The standard InChI is InChI=1S/C13H18BrNO3S2/c1-19-13(5-2-6-13)9-15-20(17,18)12-7-10(8-16)3-4-11(12)14/h3-4,7,15-16H,2,5-6,8-9H2,1H3. The van der Waals surface area contributed by atoms with E-state index in [0.717, 1.165) is 19.3 Å². The van der Waals surface area contributed by atoms with Crippen LogP contribution in [0.5, 0.6) is 0 Å². The van der Waals surface area contributed by atoms with Crippen LogP contribution >= 0.6 is 27.7 Å². The molecule has 0 aromatic heterocycles. The lowest BCUT2D eigenvalue weighted by molar-refractivity contribution is 0.281.